The molecule has 1 atom stereocenters. The van der Waals surface area contributed by atoms with Gasteiger partial charge in [-0.15, -0.1) is 0 Å². The van der Waals surface area contributed by atoms with Gasteiger partial charge < -0.3 is 14.5 Å². The lowest BCUT2D eigenvalue weighted by atomic mass is 9.97. The molecular formula is C11H17O7P. The van der Waals surface area contributed by atoms with Crippen molar-refractivity contribution < 1.29 is 33.2 Å². The molecule has 0 heterocycles. The Kier molecular flexibility index (Phi) is 5.83. The minimum atomic E-state index is -4.79. The molecule has 0 aliphatic rings. The SMILES string of the molecule is C=C(C)C(=O)OC(C)(COP(=O)(O)O)C(=O)C(=C)C. The first-order valence-corrected chi connectivity index (χ1v) is 6.71. The molecule has 0 aromatic rings. The zero-order chi connectivity index (χ0) is 15.4. The number of phosphoric acid groups is 1. The zero-order valence-corrected chi connectivity index (χ0v) is 11.9. The van der Waals surface area contributed by atoms with Crippen LogP contribution in [-0.2, 0) is 23.4 Å². The van der Waals surface area contributed by atoms with Crippen LogP contribution in [0.4, 0.5) is 0 Å². The molecule has 0 saturated carbocycles. The first kappa shape index (κ1) is 17.7. The van der Waals surface area contributed by atoms with Crippen molar-refractivity contribution in [3.8, 4) is 0 Å². The van der Waals surface area contributed by atoms with E-state index in [2.05, 4.69) is 17.7 Å². The van der Waals surface area contributed by atoms with Crippen LogP contribution in [0.15, 0.2) is 24.3 Å². The maximum atomic E-state index is 11.9. The quantitative estimate of drug-likeness (QED) is 0.411. The molecule has 8 heteroatoms. The van der Waals surface area contributed by atoms with Gasteiger partial charge in [-0.1, -0.05) is 13.2 Å². The molecule has 0 bridgehead atoms. The van der Waals surface area contributed by atoms with Crippen molar-refractivity contribution in [2.24, 2.45) is 0 Å². The summed E-state index contributed by atoms with van der Waals surface area (Å²) in [5.74, 6) is -1.57. The third-order valence-corrected chi connectivity index (χ3v) is 2.51. The number of ether oxygens (including phenoxy) is 1. The fraction of sp³-hybridized carbons (Fsp3) is 0.455. The fourth-order valence-corrected chi connectivity index (χ4v) is 1.51. The Labute approximate surface area is 111 Å². The van der Waals surface area contributed by atoms with Crippen LogP contribution in [0.2, 0.25) is 0 Å². The Bertz CT molecular complexity index is 462. The molecule has 108 valence electrons. The number of carbonyl (C=O) groups is 2. The van der Waals surface area contributed by atoms with Gasteiger partial charge >= 0.3 is 13.8 Å². The number of carbonyl (C=O) groups excluding carboxylic acids is 2. The van der Waals surface area contributed by atoms with Crippen molar-refractivity contribution in [3.05, 3.63) is 24.3 Å². The summed E-state index contributed by atoms with van der Waals surface area (Å²) < 4.78 is 19.8. The maximum absolute atomic E-state index is 11.9. The molecule has 7 nitrogen and oxygen atoms in total. The Hall–Kier alpha value is -1.27. The van der Waals surface area contributed by atoms with Crippen LogP contribution in [-0.4, -0.2) is 33.7 Å². The highest BCUT2D eigenvalue weighted by molar-refractivity contribution is 7.46. The van der Waals surface area contributed by atoms with Gasteiger partial charge in [-0.25, -0.2) is 9.36 Å². The van der Waals surface area contributed by atoms with Crippen LogP contribution in [0.5, 0.6) is 0 Å². The second-order valence-electron chi connectivity index (χ2n) is 4.27. The predicted octanol–water partition coefficient (Wildman–Crippen LogP) is 1.12. The third-order valence-electron chi connectivity index (χ3n) is 2.04. The minimum absolute atomic E-state index is 0.0388. The Balaban J connectivity index is 5.19. The summed E-state index contributed by atoms with van der Waals surface area (Å²) in [6, 6.07) is 0. The van der Waals surface area contributed by atoms with Crippen molar-refractivity contribution >= 4 is 19.6 Å². The summed E-state index contributed by atoms with van der Waals surface area (Å²) in [5, 5.41) is 0. The van der Waals surface area contributed by atoms with Crippen LogP contribution in [0.1, 0.15) is 20.8 Å². The first-order chi connectivity index (χ1) is 8.39. The van der Waals surface area contributed by atoms with Gasteiger partial charge in [0.2, 0.25) is 5.78 Å². The molecule has 19 heavy (non-hydrogen) atoms. The van der Waals surface area contributed by atoms with Crippen molar-refractivity contribution in [2.75, 3.05) is 6.61 Å². The van der Waals surface area contributed by atoms with Gasteiger partial charge in [0.1, 0.15) is 6.61 Å². The summed E-state index contributed by atoms with van der Waals surface area (Å²) >= 11 is 0. The lowest BCUT2D eigenvalue weighted by Gasteiger charge is -2.28. The summed E-state index contributed by atoms with van der Waals surface area (Å²) in [4.78, 5) is 40.6. The molecule has 0 fully saturated rings. The van der Waals surface area contributed by atoms with Gasteiger partial charge in [-0.3, -0.25) is 9.32 Å². The molecule has 0 saturated heterocycles. The monoisotopic (exact) mass is 292 g/mol. The second kappa shape index (κ2) is 6.25. The normalized spacial score (nSPS) is 14.4. The molecule has 2 N–H and O–H groups in total. The Morgan fingerprint density at radius 1 is 1.21 bits per heavy atom. The summed E-state index contributed by atoms with van der Waals surface area (Å²) in [6.45, 7) is 9.90. The van der Waals surface area contributed by atoms with E-state index in [0.29, 0.717) is 0 Å². The Morgan fingerprint density at radius 3 is 2.00 bits per heavy atom. The summed E-state index contributed by atoms with van der Waals surface area (Å²) in [5.41, 5.74) is -1.77. The first-order valence-electron chi connectivity index (χ1n) is 5.18. The van der Waals surface area contributed by atoms with Crippen molar-refractivity contribution in [1.82, 2.24) is 0 Å². The minimum Gasteiger partial charge on any atom is -0.445 e. The molecule has 0 aromatic heterocycles. The van der Waals surface area contributed by atoms with Crippen LogP contribution >= 0.6 is 7.82 Å². The van der Waals surface area contributed by atoms with Crippen molar-refractivity contribution in [1.29, 1.82) is 0 Å². The molecular weight excluding hydrogens is 275 g/mol. The van der Waals surface area contributed by atoms with E-state index in [1.54, 1.807) is 0 Å². The number of esters is 1. The zero-order valence-electron chi connectivity index (χ0n) is 11.0. The molecule has 0 radical (unpaired) electrons. The van der Waals surface area contributed by atoms with E-state index in [-0.39, 0.29) is 11.1 Å². The number of rotatable bonds is 7. The molecule has 0 rings (SSSR count). The average molecular weight is 292 g/mol. The highest BCUT2D eigenvalue weighted by Gasteiger charge is 2.40. The Morgan fingerprint density at radius 2 is 1.68 bits per heavy atom. The molecule has 0 aliphatic heterocycles. The molecule has 0 amide bonds. The topological polar surface area (TPSA) is 110 Å². The van der Waals surface area contributed by atoms with Gasteiger partial charge in [0, 0.05) is 5.57 Å². The van der Waals surface area contributed by atoms with Crippen LogP contribution in [0.25, 0.3) is 0 Å². The highest BCUT2D eigenvalue weighted by Crippen LogP contribution is 2.37. The highest BCUT2D eigenvalue weighted by atomic mass is 31.2. The van der Waals surface area contributed by atoms with E-state index in [1.807, 2.05) is 0 Å². The molecule has 0 aromatic carbocycles. The molecule has 1 unspecified atom stereocenters. The number of Topliss-reactive ketones (excluding diaryl/α,β-unsaturated/α-hetero) is 1. The van der Waals surface area contributed by atoms with E-state index in [9.17, 15) is 14.2 Å². The van der Waals surface area contributed by atoms with Crippen molar-refractivity contribution in [3.63, 3.8) is 0 Å². The number of hydrogen-bond acceptors (Lipinski definition) is 5. The van der Waals surface area contributed by atoms with E-state index in [4.69, 9.17) is 14.5 Å². The number of ketones is 1. The van der Waals surface area contributed by atoms with Gasteiger partial charge in [0.05, 0.1) is 0 Å². The van der Waals surface area contributed by atoms with Gasteiger partial charge in [0.25, 0.3) is 0 Å². The molecule has 0 spiro atoms. The van der Waals surface area contributed by atoms with Crippen molar-refractivity contribution in [2.45, 2.75) is 26.4 Å². The van der Waals surface area contributed by atoms with E-state index < -0.39 is 31.8 Å². The maximum Gasteiger partial charge on any atom is 0.469 e. The fourth-order valence-electron chi connectivity index (χ4n) is 1.09. The van der Waals surface area contributed by atoms with Gasteiger partial charge in [0.15, 0.2) is 5.60 Å². The summed E-state index contributed by atoms with van der Waals surface area (Å²) in [7, 11) is -4.79. The van der Waals surface area contributed by atoms with Gasteiger partial charge in [-0.05, 0) is 26.3 Å². The van der Waals surface area contributed by atoms with Gasteiger partial charge in [-0.2, -0.15) is 0 Å². The standard InChI is InChI=1S/C11H17O7P/c1-7(2)9(12)11(5,6-17-19(14,15)16)18-10(13)8(3)4/h1,3,6H2,2,4-5H3,(H2,14,15,16). The van der Waals surface area contributed by atoms with E-state index >= 15 is 0 Å². The smallest absolute Gasteiger partial charge is 0.445 e. The second-order valence-corrected chi connectivity index (χ2v) is 5.51. The average Bonchev–Trinajstić information content (AvgIpc) is 2.24. The predicted molar refractivity (Wildman–Crippen MR) is 67.1 cm³/mol. The van der Waals surface area contributed by atoms with Crippen LogP contribution in [0, 0.1) is 0 Å². The lowest BCUT2D eigenvalue weighted by molar-refractivity contribution is -0.164. The van der Waals surface area contributed by atoms with E-state index in [1.165, 1.54) is 20.8 Å². The largest absolute Gasteiger partial charge is 0.469 e. The summed E-state index contributed by atoms with van der Waals surface area (Å²) in [6.07, 6.45) is 0. The number of phosphoric ester groups is 1. The van der Waals surface area contributed by atoms with E-state index in [0.717, 1.165) is 0 Å². The van der Waals surface area contributed by atoms with Crippen LogP contribution < -0.4 is 0 Å². The van der Waals surface area contributed by atoms with Crippen LogP contribution in [0.3, 0.4) is 0 Å². The third kappa shape index (κ3) is 5.94. The molecule has 0 aliphatic carbocycles. The lowest BCUT2D eigenvalue weighted by Crippen LogP contribution is -2.45. The number of hydrogen-bond donors (Lipinski definition) is 2.